The number of alkyl halides is 2. The molecule has 0 aromatic rings. The SMILES string of the molecule is CC(=O)OCCC[SiH2]C(Cl)Cl. The lowest BCUT2D eigenvalue weighted by molar-refractivity contribution is -0.140. The van der Waals surface area contributed by atoms with Gasteiger partial charge in [0, 0.05) is 6.92 Å². The Morgan fingerprint density at radius 1 is 1.64 bits per heavy atom. The van der Waals surface area contributed by atoms with Crippen LogP contribution in [-0.4, -0.2) is 26.6 Å². The second-order valence-electron chi connectivity index (χ2n) is 2.23. The highest BCUT2D eigenvalue weighted by molar-refractivity contribution is 6.68. The van der Waals surface area contributed by atoms with Gasteiger partial charge in [-0.1, -0.05) is 6.04 Å². The largest absolute Gasteiger partial charge is 0.466 e. The molecule has 0 spiro atoms. The summed E-state index contributed by atoms with van der Waals surface area (Å²) in [5.74, 6) is -0.222. The van der Waals surface area contributed by atoms with Gasteiger partial charge in [0.2, 0.25) is 0 Å². The molecule has 0 fully saturated rings. The highest BCUT2D eigenvalue weighted by atomic mass is 35.5. The van der Waals surface area contributed by atoms with Gasteiger partial charge >= 0.3 is 5.97 Å². The Morgan fingerprint density at radius 2 is 2.27 bits per heavy atom. The van der Waals surface area contributed by atoms with E-state index in [2.05, 4.69) is 0 Å². The lowest BCUT2D eigenvalue weighted by atomic mass is 10.5. The molecule has 0 saturated heterocycles. The first-order chi connectivity index (χ1) is 5.13. The predicted molar refractivity (Wildman–Crippen MR) is 50.1 cm³/mol. The van der Waals surface area contributed by atoms with Crippen molar-refractivity contribution in [2.75, 3.05) is 6.61 Å². The van der Waals surface area contributed by atoms with Gasteiger partial charge in [0.15, 0.2) is 0 Å². The van der Waals surface area contributed by atoms with E-state index in [1.54, 1.807) is 0 Å². The number of hydrogen-bond donors (Lipinski definition) is 0. The summed E-state index contributed by atoms with van der Waals surface area (Å²) in [6.07, 6.45) is 0.891. The molecule has 0 aliphatic rings. The van der Waals surface area contributed by atoms with E-state index >= 15 is 0 Å². The van der Waals surface area contributed by atoms with Crippen molar-refractivity contribution >= 4 is 38.7 Å². The van der Waals surface area contributed by atoms with Crippen LogP contribution >= 0.6 is 23.2 Å². The maximum atomic E-state index is 10.3. The fraction of sp³-hybridized carbons (Fsp3) is 0.833. The Morgan fingerprint density at radius 3 is 2.73 bits per heavy atom. The zero-order valence-corrected chi connectivity index (χ0v) is 9.40. The minimum atomic E-state index is -0.359. The van der Waals surface area contributed by atoms with E-state index in [-0.39, 0.29) is 19.9 Å². The molecule has 0 aliphatic carbocycles. The van der Waals surface area contributed by atoms with Gasteiger partial charge in [-0.25, -0.2) is 0 Å². The maximum Gasteiger partial charge on any atom is 0.302 e. The summed E-state index contributed by atoms with van der Waals surface area (Å²) < 4.78 is 4.56. The third kappa shape index (κ3) is 10.3. The number of rotatable bonds is 5. The summed E-state index contributed by atoms with van der Waals surface area (Å²) in [7, 11) is -0.359. The summed E-state index contributed by atoms with van der Waals surface area (Å²) in [4.78, 5) is 10.3. The van der Waals surface area contributed by atoms with E-state index in [0.717, 1.165) is 12.5 Å². The van der Waals surface area contributed by atoms with Crippen molar-refractivity contribution in [3.63, 3.8) is 0 Å². The fourth-order valence-corrected chi connectivity index (χ4v) is 2.34. The topological polar surface area (TPSA) is 26.3 Å². The summed E-state index contributed by atoms with van der Waals surface area (Å²) in [5, 5.41) is 0. The van der Waals surface area contributed by atoms with Gasteiger partial charge in [-0.2, -0.15) is 0 Å². The van der Waals surface area contributed by atoms with Crippen molar-refractivity contribution in [2.45, 2.75) is 23.8 Å². The fourth-order valence-electron chi connectivity index (χ4n) is 0.617. The number of ether oxygens (including phenoxy) is 1. The Hall–Kier alpha value is 0.267. The predicted octanol–water partition coefficient (Wildman–Crippen LogP) is 1.29. The highest BCUT2D eigenvalue weighted by Crippen LogP contribution is 2.03. The third-order valence-corrected chi connectivity index (χ3v) is 3.78. The van der Waals surface area contributed by atoms with Gasteiger partial charge in [-0.15, -0.1) is 23.2 Å². The zero-order chi connectivity index (χ0) is 8.69. The number of hydrogen-bond acceptors (Lipinski definition) is 2. The number of esters is 1. The molecule has 0 aromatic carbocycles. The van der Waals surface area contributed by atoms with Crippen molar-refractivity contribution in [3.05, 3.63) is 0 Å². The Kier molecular flexibility index (Phi) is 7.11. The van der Waals surface area contributed by atoms with Gasteiger partial charge in [-0.05, 0) is 6.42 Å². The van der Waals surface area contributed by atoms with Crippen LogP contribution in [0.2, 0.25) is 6.04 Å². The zero-order valence-electron chi connectivity index (χ0n) is 6.48. The molecule has 0 heterocycles. The van der Waals surface area contributed by atoms with E-state index in [0.29, 0.717) is 6.61 Å². The highest BCUT2D eigenvalue weighted by Gasteiger charge is 1.99. The first-order valence-corrected chi connectivity index (χ1v) is 6.23. The van der Waals surface area contributed by atoms with Gasteiger partial charge in [0.05, 0.1) is 20.6 Å². The van der Waals surface area contributed by atoms with Crippen molar-refractivity contribution in [3.8, 4) is 0 Å². The van der Waals surface area contributed by atoms with Crippen molar-refractivity contribution < 1.29 is 9.53 Å². The van der Waals surface area contributed by atoms with Gasteiger partial charge in [-0.3, -0.25) is 4.79 Å². The van der Waals surface area contributed by atoms with Crippen molar-refractivity contribution in [1.82, 2.24) is 0 Å². The van der Waals surface area contributed by atoms with Crippen LogP contribution in [0.15, 0.2) is 0 Å². The maximum absolute atomic E-state index is 10.3. The molecule has 66 valence electrons. The second-order valence-corrected chi connectivity index (χ2v) is 6.64. The molecular weight excluding hydrogens is 203 g/mol. The molecule has 0 bridgehead atoms. The molecule has 5 heteroatoms. The van der Waals surface area contributed by atoms with Crippen LogP contribution in [0.1, 0.15) is 13.3 Å². The molecule has 0 aromatic heterocycles. The van der Waals surface area contributed by atoms with Crippen LogP contribution in [0.3, 0.4) is 0 Å². The Balaban J connectivity index is 2.97. The summed E-state index contributed by atoms with van der Waals surface area (Å²) in [5.41, 5.74) is 0. The lowest BCUT2D eigenvalue weighted by Crippen LogP contribution is -2.05. The van der Waals surface area contributed by atoms with E-state index in [9.17, 15) is 4.79 Å². The van der Waals surface area contributed by atoms with Gasteiger partial charge in [0.1, 0.15) is 0 Å². The summed E-state index contributed by atoms with van der Waals surface area (Å²) >= 11 is 11.1. The number of carbonyl (C=O) groups is 1. The van der Waals surface area contributed by atoms with Gasteiger partial charge in [0.25, 0.3) is 0 Å². The van der Waals surface area contributed by atoms with Crippen LogP contribution in [0.5, 0.6) is 0 Å². The molecule has 0 rings (SSSR count). The van der Waals surface area contributed by atoms with Crippen molar-refractivity contribution in [1.29, 1.82) is 0 Å². The third-order valence-electron chi connectivity index (χ3n) is 1.12. The number of halogens is 2. The molecule has 0 radical (unpaired) electrons. The minimum absolute atomic E-state index is 0.160. The molecule has 0 saturated carbocycles. The molecular formula is C6H12Cl2O2Si. The van der Waals surface area contributed by atoms with Crippen LogP contribution in [0.4, 0.5) is 0 Å². The van der Waals surface area contributed by atoms with E-state index in [4.69, 9.17) is 27.9 Å². The summed E-state index contributed by atoms with van der Waals surface area (Å²) in [6, 6.07) is 1.03. The average Bonchev–Trinajstić information content (AvgIpc) is 1.85. The van der Waals surface area contributed by atoms with E-state index < -0.39 is 0 Å². The van der Waals surface area contributed by atoms with Crippen LogP contribution in [0, 0.1) is 0 Å². The molecule has 0 atom stereocenters. The smallest absolute Gasteiger partial charge is 0.302 e. The summed E-state index contributed by atoms with van der Waals surface area (Å²) in [6.45, 7) is 1.91. The van der Waals surface area contributed by atoms with Gasteiger partial charge < -0.3 is 4.74 Å². The number of carbonyl (C=O) groups excluding carboxylic acids is 1. The van der Waals surface area contributed by atoms with E-state index in [1.165, 1.54) is 6.92 Å². The molecule has 0 aliphatic heterocycles. The molecule has 0 unspecified atom stereocenters. The van der Waals surface area contributed by atoms with E-state index in [1.807, 2.05) is 0 Å². The molecule has 0 N–H and O–H groups in total. The quantitative estimate of drug-likeness (QED) is 0.299. The van der Waals surface area contributed by atoms with Crippen molar-refractivity contribution in [2.24, 2.45) is 0 Å². The first-order valence-electron chi connectivity index (χ1n) is 3.54. The van der Waals surface area contributed by atoms with Crippen LogP contribution in [-0.2, 0) is 9.53 Å². The second kappa shape index (κ2) is 6.95. The molecule has 11 heavy (non-hydrogen) atoms. The van der Waals surface area contributed by atoms with Crippen LogP contribution < -0.4 is 0 Å². The minimum Gasteiger partial charge on any atom is -0.466 e. The standard InChI is InChI=1S/C6H12Cl2O2Si/c1-5(9)10-3-2-4-11-6(7)8/h6H,2-4,11H2,1H3. The first kappa shape index (κ1) is 11.3. The Bertz CT molecular complexity index is 119. The average molecular weight is 215 g/mol. The lowest BCUT2D eigenvalue weighted by Gasteiger charge is -2.01. The Labute approximate surface area is 79.0 Å². The normalized spacial score (nSPS) is 11.3. The molecule has 0 amide bonds. The molecule has 2 nitrogen and oxygen atoms in total. The monoisotopic (exact) mass is 214 g/mol. The van der Waals surface area contributed by atoms with Crippen LogP contribution in [0.25, 0.3) is 0 Å².